The van der Waals surface area contributed by atoms with Gasteiger partial charge in [0.25, 0.3) is 0 Å². The molecule has 33 heavy (non-hydrogen) atoms. The van der Waals surface area contributed by atoms with E-state index in [9.17, 15) is 0 Å². The van der Waals surface area contributed by atoms with Gasteiger partial charge < -0.3 is 14.2 Å². The van der Waals surface area contributed by atoms with E-state index in [1.165, 1.54) is 0 Å². The SMILES string of the molecule is c1cncc(-n2c3ccc(N4c5ccccc5Oc5ccccc54)cc3c3ncccc32)c1. The van der Waals surface area contributed by atoms with Gasteiger partial charge in [-0.05, 0) is 66.7 Å². The minimum atomic E-state index is 0.840. The van der Waals surface area contributed by atoms with Crippen LogP contribution in [0.1, 0.15) is 0 Å². The van der Waals surface area contributed by atoms with Crippen LogP contribution in [0.15, 0.2) is 110 Å². The second-order valence-electron chi connectivity index (χ2n) is 7.99. The lowest BCUT2D eigenvalue weighted by atomic mass is 10.1. The molecule has 6 aromatic rings. The van der Waals surface area contributed by atoms with E-state index in [2.05, 4.69) is 56.9 Å². The topological polar surface area (TPSA) is 43.2 Å². The van der Waals surface area contributed by atoms with Crippen LogP contribution in [0.5, 0.6) is 11.5 Å². The Morgan fingerprint density at radius 1 is 0.636 bits per heavy atom. The zero-order chi connectivity index (χ0) is 21.8. The van der Waals surface area contributed by atoms with Crippen LogP contribution in [0.2, 0.25) is 0 Å². The molecular weight excluding hydrogens is 408 g/mol. The Morgan fingerprint density at radius 2 is 1.39 bits per heavy atom. The maximum atomic E-state index is 6.18. The standard InChI is InChI=1S/C28H18N4O/c1-3-11-26-23(8-1)31(24-9-2-4-12-27(24)33-26)19-13-14-22-21(17-19)28-25(10-6-16-30-28)32(22)20-7-5-15-29-18-20/h1-18H. The van der Waals surface area contributed by atoms with Crippen LogP contribution in [0.4, 0.5) is 17.1 Å². The third-order valence-electron chi connectivity index (χ3n) is 6.10. The fourth-order valence-corrected chi connectivity index (χ4v) is 4.71. The number of fused-ring (bicyclic) bond motifs is 5. The van der Waals surface area contributed by atoms with Crippen LogP contribution >= 0.6 is 0 Å². The van der Waals surface area contributed by atoms with Gasteiger partial charge in [0.2, 0.25) is 0 Å². The van der Waals surface area contributed by atoms with Crippen molar-refractivity contribution in [2.24, 2.45) is 0 Å². The number of hydrogen-bond donors (Lipinski definition) is 0. The van der Waals surface area contributed by atoms with E-state index < -0.39 is 0 Å². The van der Waals surface area contributed by atoms with Gasteiger partial charge in [0.1, 0.15) is 0 Å². The summed E-state index contributed by atoms with van der Waals surface area (Å²) in [5.41, 5.74) is 7.21. The zero-order valence-corrected chi connectivity index (χ0v) is 17.6. The molecule has 4 heterocycles. The maximum absolute atomic E-state index is 6.18. The van der Waals surface area contributed by atoms with Gasteiger partial charge >= 0.3 is 0 Å². The quantitative estimate of drug-likeness (QED) is 0.294. The molecule has 0 aliphatic carbocycles. The molecule has 0 saturated carbocycles. The predicted octanol–water partition coefficient (Wildman–Crippen LogP) is 7.15. The molecule has 0 unspecified atom stereocenters. The van der Waals surface area contributed by atoms with Gasteiger partial charge in [-0.25, -0.2) is 0 Å². The summed E-state index contributed by atoms with van der Waals surface area (Å²) in [4.78, 5) is 11.3. The fraction of sp³-hybridized carbons (Fsp3) is 0. The molecule has 0 bridgehead atoms. The second kappa shape index (κ2) is 6.93. The van der Waals surface area contributed by atoms with Crippen LogP contribution in [0.25, 0.3) is 27.6 Å². The number of hydrogen-bond acceptors (Lipinski definition) is 4. The normalized spacial score (nSPS) is 12.4. The van der Waals surface area contributed by atoms with E-state index in [-0.39, 0.29) is 0 Å². The minimum Gasteiger partial charge on any atom is -0.453 e. The Balaban J connectivity index is 1.51. The first-order chi connectivity index (χ1) is 16.4. The molecule has 3 aromatic heterocycles. The van der Waals surface area contributed by atoms with E-state index in [1.54, 1.807) is 6.20 Å². The minimum absolute atomic E-state index is 0.840. The highest BCUT2D eigenvalue weighted by atomic mass is 16.5. The highest BCUT2D eigenvalue weighted by Crippen LogP contribution is 2.50. The van der Waals surface area contributed by atoms with E-state index in [0.717, 1.165) is 56.2 Å². The largest absolute Gasteiger partial charge is 0.453 e. The lowest BCUT2D eigenvalue weighted by molar-refractivity contribution is 0.477. The van der Waals surface area contributed by atoms with Gasteiger partial charge in [-0.1, -0.05) is 24.3 Å². The molecule has 1 aliphatic heterocycles. The average Bonchev–Trinajstić information content (AvgIpc) is 3.21. The molecule has 3 aromatic carbocycles. The maximum Gasteiger partial charge on any atom is 0.151 e. The van der Waals surface area contributed by atoms with E-state index in [4.69, 9.17) is 9.72 Å². The van der Waals surface area contributed by atoms with Gasteiger partial charge in [-0.3, -0.25) is 9.97 Å². The summed E-state index contributed by atoms with van der Waals surface area (Å²) >= 11 is 0. The third-order valence-corrected chi connectivity index (χ3v) is 6.10. The molecule has 5 heteroatoms. The molecule has 1 aliphatic rings. The molecule has 0 atom stereocenters. The Morgan fingerprint density at radius 3 is 2.15 bits per heavy atom. The number of aromatic nitrogens is 3. The smallest absolute Gasteiger partial charge is 0.151 e. The molecule has 0 amide bonds. The number of nitrogens with zero attached hydrogens (tertiary/aromatic N) is 4. The Bertz CT molecular complexity index is 1610. The number of pyridine rings is 2. The summed E-state index contributed by atoms with van der Waals surface area (Å²) < 4.78 is 8.40. The summed E-state index contributed by atoms with van der Waals surface area (Å²) in [6.07, 6.45) is 5.52. The first-order valence-corrected chi connectivity index (χ1v) is 10.8. The van der Waals surface area contributed by atoms with Gasteiger partial charge in [0, 0.05) is 23.5 Å². The van der Waals surface area contributed by atoms with Gasteiger partial charge in [-0.15, -0.1) is 0 Å². The van der Waals surface area contributed by atoms with Gasteiger partial charge in [-0.2, -0.15) is 0 Å². The molecule has 0 fully saturated rings. The van der Waals surface area contributed by atoms with E-state index in [1.807, 2.05) is 60.9 Å². The van der Waals surface area contributed by atoms with Crippen molar-refractivity contribution >= 4 is 39.0 Å². The van der Waals surface area contributed by atoms with Crippen molar-refractivity contribution in [3.63, 3.8) is 0 Å². The van der Waals surface area contributed by atoms with Crippen molar-refractivity contribution < 1.29 is 4.74 Å². The lowest BCUT2D eigenvalue weighted by Gasteiger charge is -2.32. The predicted molar refractivity (Wildman–Crippen MR) is 131 cm³/mol. The van der Waals surface area contributed by atoms with Crippen molar-refractivity contribution in [1.82, 2.24) is 14.5 Å². The fourth-order valence-electron chi connectivity index (χ4n) is 4.71. The Kier molecular flexibility index (Phi) is 3.78. The molecule has 0 saturated heterocycles. The molecule has 0 radical (unpaired) electrons. The summed E-state index contributed by atoms with van der Waals surface area (Å²) in [5.74, 6) is 1.68. The highest BCUT2D eigenvalue weighted by molar-refractivity contribution is 6.08. The first kappa shape index (κ1) is 18.0. The lowest BCUT2D eigenvalue weighted by Crippen LogP contribution is -2.15. The molecule has 0 spiro atoms. The molecular formula is C28H18N4O. The molecule has 7 rings (SSSR count). The van der Waals surface area contributed by atoms with E-state index in [0.29, 0.717) is 0 Å². The average molecular weight is 426 g/mol. The number of para-hydroxylation sites is 4. The number of anilines is 3. The first-order valence-electron chi connectivity index (χ1n) is 10.8. The van der Waals surface area contributed by atoms with Crippen molar-refractivity contribution in [3.05, 3.63) is 110 Å². The van der Waals surface area contributed by atoms with Crippen molar-refractivity contribution in [2.75, 3.05) is 4.90 Å². The van der Waals surface area contributed by atoms with Crippen LogP contribution in [0, 0.1) is 0 Å². The summed E-state index contributed by atoms with van der Waals surface area (Å²) in [5, 5.41) is 1.09. The second-order valence-corrected chi connectivity index (χ2v) is 7.99. The van der Waals surface area contributed by atoms with Crippen LogP contribution in [0.3, 0.4) is 0 Å². The Labute approximate surface area is 190 Å². The van der Waals surface area contributed by atoms with Gasteiger partial charge in [0.15, 0.2) is 11.5 Å². The number of benzene rings is 3. The van der Waals surface area contributed by atoms with Crippen molar-refractivity contribution in [1.29, 1.82) is 0 Å². The zero-order valence-electron chi connectivity index (χ0n) is 17.6. The summed E-state index contributed by atoms with van der Waals surface area (Å²) in [7, 11) is 0. The molecule has 156 valence electrons. The van der Waals surface area contributed by atoms with Crippen LogP contribution < -0.4 is 9.64 Å². The third kappa shape index (κ3) is 2.66. The monoisotopic (exact) mass is 426 g/mol. The molecule has 0 N–H and O–H groups in total. The molecule has 5 nitrogen and oxygen atoms in total. The van der Waals surface area contributed by atoms with Crippen LogP contribution in [-0.2, 0) is 0 Å². The Hall–Kier alpha value is -4.64. The highest BCUT2D eigenvalue weighted by Gasteiger charge is 2.26. The number of ether oxygens (including phenoxy) is 1. The summed E-state index contributed by atoms with van der Waals surface area (Å²) in [6, 6.07) is 30.9. The summed E-state index contributed by atoms with van der Waals surface area (Å²) in [6.45, 7) is 0. The number of rotatable bonds is 2. The van der Waals surface area contributed by atoms with Crippen molar-refractivity contribution in [2.45, 2.75) is 0 Å². The van der Waals surface area contributed by atoms with Crippen LogP contribution in [-0.4, -0.2) is 14.5 Å². The van der Waals surface area contributed by atoms with E-state index >= 15 is 0 Å². The van der Waals surface area contributed by atoms with Gasteiger partial charge in [0.05, 0.1) is 39.8 Å². The van der Waals surface area contributed by atoms with Crippen molar-refractivity contribution in [3.8, 4) is 17.2 Å².